The topological polar surface area (TPSA) is 38.0 Å². The SMILES string of the molecule is CNC(c1ccccc1F)C(C)CN. The van der Waals surface area contributed by atoms with Gasteiger partial charge in [-0.15, -0.1) is 0 Å². The second kappa shape index (κ2) is 5.08. The third-order valence-corrected chi connectivity index (χ3v) is 2.49. The Kier molecular flexibility index (Phi) is 4.04. The van der Waals surface area contributed by atoms with E-state index in [2.05, 4.69) is 5.32 Å². The van der Waals surface area contributed by atoms with Gasteiger partial charge in [0.1, 0.15) is 5.82 Å². The summed E-state index contributed by atoms with van der Waals surface area (Å²) in [5.41, 5.74) is 6.26. The molecule has 1 aromatic carbocycles. The molecule has 2 nitrogen and oxygen atoms in total. The molecule has 0 spiro atoms. The standard InChI is InChI=1S/C11H17FN2/c1-8(7-13)11(14-2)9-5-3-4-6-10(9)12/h3-6,8,11,14H,7,13H2,1-2H3. The van der Waals surface area contributed by atoms with Crippen LogP contribution in [0.5, 0.6) is 0 Å². The molecule has 0 fully saturated rings. The molecule has 0 radical (unpaired) electrons. The van der Waals surface area contributed by atoms with Crippen LogP contribution in [0.15, 0.2) is 24.3 Å². The van der Waals surface area contributed by atoms with Crippen molar-refractivity contribution in [3.63, 3.8) is 0 Å². The van der Waals surface area contributed by atoms with Crippen molar-refractivity contribution in [2.24, 2.45) is 11.7 Å². The Morgan fingerprint density at radius 2 is 2.07 bits per heavy atom. The summed E-state index contributed by atoms with van der Waals surface area (Å²) >= 11 is 0. The highest BCUT2D eigenvalue weighted by atomic mass is 19.1. The average molecular weight is 196 g/mol. The van der Waals surface area contributed by atoms with E-state index in [1.807, 2.05) is 20.0 Å². The van der Waals surface area contributed by atoms with Crippen molar-refractivity contribution < 1.29 is 4.39 Å². The molecule has 0 saturated heterocycles. The lowest BCUT2D eigenvalue weighted by atomic mass is 9.94. The molecule has 1 rings (SSSR count). The van der Waals surface area contributed by atoms with Crippen molar-refractivity contribution in [3.05, 3.63) is 35.6 Å². The molecular formula is C11H17FN2. The van der Waals surface area contributed by atoms with Crippen LogP contribution in [0.4, 0.5) is 4.39 Å². The Morgan fingerprint density at radius 1 is 1.43 bits per heavy atom. The average Bonchev–Trinajstić information content (AvgIpc) is 2.21. The first-order valence-corrected chi connectivity index (χ1v) is 4.82. The zero-order chi connectivity index (χ0) is 10.6. The highest BCUT2D eigenvalue weighted by Crippen LogP contribution is 2.22. The predicted octanol–water partition coefficient (Wildman–Crippen LogP) is 1.68. The number of halogens is 1. The Balaban J connectivity index is 2.94. The molecule has 0 aliphatic heterocycles. The van der Waals surface area contributed by atoms with Gasteiger partial charge < -0.3 is 11.1 Å². The fourth-order valence-corrected chi connectivity index (χ4v) is 1.61. The van der Waals surface area contributed by atoms with Crippen molar-refractivity contribution in [2.75, 3.05) is 13.6 Å². The van der Waals surface area contributed by atoms with Crippen molar-refractivity contribution in [1.29, 1.82) is 0 Å². The van der Waals surface area contributed by atoms with Gasteiger partial charge in [0.05, 0.1) is 0 Å². The maximum Gasteiger partial charge on any atom is 0.127 e. The second-order valence-electron chi connectivity index (χ2n) is 3.50. The molecule has 14 heavy (non-hydrogen) atoms. The van der Waals surface area contributed by atoms with E-state index in [4.69, 9.17) is 5.73 Å². The van der Waals surface area contributed by atoms with Crippen LogP contribution in [0, 0.1) is 11.7 Å². The molecule has 0 amide bonds. The Hall–Kier alpha value is -0.930. The van der Waals surface area contributed by atoms with Crippen molar-refractivity contribution >= 4 is 0 Å². The van der Waals surface area contributed by atoms with Crippen LogP contribution in [-0.4, -0.2) is 13.6 Å². The van der Waals surface area contributed by atoms with Gasteiger partial charge in [-0.1, -0.05) is 25.1 Å². The number of nitrogens with one attached hydrogen (secondary N) is 1. The van der Waals surface area contributed by atoms with E-state index in [-0.39, 0.29) is 17.8 Å². The monoisotopic (exact) mass is 196 g/mol. The first-order valence-electron chi connectivity index (χ1n) is 4.82. The number of rotatable bonds is 4. The van der Waals surface area contributed by atoms with Crippen molar-refractivity contribution in [3.8, 4) is 0 Å². The molecule has 0 bridgehead atoms. The fourth-order valence-electron chi connectivity index (χ4n) is 1.61. The molecule has 78 valence electrons. The van der Waals surface area contributed by atoms with E-state index in [1.54, 1.807) is 12.1 Å². The number of benzene rings is 1. The Morgan fingerprint density at radius 3 is 2.57 bits per heavy atom. The van der Waals surface area contributed by atoms with E-state index < -0.39 is 0 Å². The van der Waals surface area contributed by atoms with Gasteiger partial charge in [0.2, 0.25) is 0 Å². The van der Waals surface area contributed by atoms with Crippen LogP contribution in [-0.2, 0) is 0 Å². The molecule has 0 aliphatic carbocycles. The first kappa shape index (κ1) is 11.1. The number of nitrogens with two attached hydrogens (primary N) is 1. The van der Waals surface area contributed by atoms with Gasteiger partial charge >= 0.3 is 0 Å². The highest BCUT2D eigenvalue weighted by Gasteiger charge is 2.18. The maximum atomic E-state index is 13.4. The largest absolute Gasteiger partial charge is 0.330 e. The molecule has 3 heteroatoms. The van der Waals surface area contributed by atoms with Gasteiger partial charge in [-0.25, -0.2) is 4.39 Å². The van der Waals surface area contributed by atoms with Crippen LogP contribution in [0.3, 0.4) is 0 Å². The molecule has 3 N–H and O–H groups in total. The van der Waals surface area contributed by atoms with Crippen LogP contribution < -0.4 is 11.1 Å². The molecular weight excluding hydrogens is 179 g/mol. The van der Waals surface area contributed by atoms with E-state index >= 15 is 0 Å². The van der Waals surface area contributed by atoms with Gasteiger partial charge in [0, 0.05) is 11.6 Å². The number of hydrogen-bond acceptors (Lipinski definition) is 2. The van der Waals surface area contributed by atoms with Crippen molar-refractivity contribution in [1.82, 2.24) is 5.32 Å². The van der Waals surface area contributed by atoms with Crippen molar-refractivity contribution in [2.45, 2.75) is 13.0 Å². The molecule has 0 aromatic heterocycles. The summed E-state index contributed by atoms with van der Waals surface area (Å²) < 4.78 is 13.4. The van der Waals surface area contributed by atoms with E-state index in [0.29, 0.717) is 12.1 Å². The van der Waals surface area contributed by atoms with Gasteiger partial charge in [0.15, 0.2) is 0 Å². The Labute approximate surface area is 84.3 Å². The maximum absolute atomic E-state index is 13.4. The van der Waals surface area contributed by atoms with Crippen LogP contribution in [0.1, 0.15) is 18.5 Å². The molecule has 0 aliphatic rings. The predicted molar refractivity (Wildman–Crippen MR) is 56.4 cm³/mol. The summed E-state index contributed by atoms with van der Waals surface area (Å²) in [6.45, 7) is 2.55. The Bertz CT molecular complexity index is 288. The first-order chi connectivity index (χ1) is 6.70. The van der Waals surface area contributed by atoms with Crippen LogP contribution in [0.25, 0.3) is 0 Å². The summed E-state index contributed by atoms with van der Waals surface area (Å²) in [4.78, 5) is 0. The summed E-state index contributed by atoms with van der Waals surface area (Å²) in [5, 5.41) is 3.09. The third kappa shape index (κ3) is 2.30. The van der Waals surface area contributed by atoms with E-state index in [0.717, 1.165) is 0 Å². The second-order valence-corrected chi connectivity index (χ2v) is 3.50. The minimum atomic E-state index is -0.174. The lowest BCUT2D eigenvalue weighted by Crippen LogP contribution is -2.29. The highest BCUT2D eigenvalue weighted by molar-refractivity contribution is 5.21. The summed E-state index contributed by atoms with van der Waals surface area (Å²) in [7, 11) is 1.82. The smallest absolute Gasteiger partial charge is 0.127 e. The molecule has 0 saturated carbocycles. The molecule has 2 atom stereocenters. The number of hydrogen-bond donors (Lipinski definition) is 2. The van der Waals surface area contributed by atoms with Gasteiger partial charge in [0.25, 0.3) is 0 Å². The van der Waals surface area contributed by atoms with E-state index in [1.165, 1.54) is 6.07 Å². The minimum Gasteiger partial charge on any atom is -0.330 e. The molecule has 0 heterocycles. The van der Waals surface area contributed by atoms with Crippen LogP contribution >= 0.6 is 0 Å². The quantitative estimate of drug-likeness (QED) is 0.769. The van der Waals surface area contributed by atoms with Crippen LogP contribution in [0.2, 0.25) is 0 Å². The third-order valence-electron chi connectivity index (χ3n) is 2.49. The zero-order valence-electron chi connectivity index (χ0n) is 8.63. The zero-order valence-corrected chi connectivity index (χ0v) is 8.63. The van der Waals surface area contributed by atoms with Gasteiger partial charge in [-0.05, 0) is 25.6 Å². The van der Waals surface area contributed by atoms with Gasteiger partial charge in [-0.2, -0.15) is 0 Å². The van der Waals surface area contributed by atoms with E-state index in [9.17, 15) is 4.39 Å². The lowest BCUT2D eigenvalue weighted by molar-refractivity contribution is 0.404. The minimum absolute atomic E-state index is 0.0128. The summed E-state index contributed by atoms with van der Waals surface area (Å²) in [6.07, 6.45) is 0. The molecule has 1 aromatic rings. The summed E-state index contributed by atoms with van der Waals surface area (Å²) in [6, 6.07) is 6.79. The van der Waals surface area contributed by atoms with Gasteiger partial charge in [-0.3, -0.25) is 0 Å². The molecule has 2 unspecified atom stereocenters. The summed E-state index contributed by atoms with van der Waals surface area (Å²) in [5.74, 6) is 0.0454. The lowest BCUT2D eigenvalue weighted by Gasteiger charge is -2.23. The fraction of sp³-hybridized carbons (Fsp3) is 0.455. The normalized spacial score (nSPS) is 15.1.